The molecule has 0 amide bonds. The lowest BCUT2D eigenvalue weighted by atomic mass is 10.1. The second-order valence-electron chi connectivity index (χ2n) is 4.56. The Kier molecular flexibility index (Phi) is 7.34. The number of hydrogen-bond donors (Lipinski definition) is 1. The van der Waals surface area contributed by atoms with E-state index in [1.54, 1.807) is 12.1 Å². The van der Waals surface area contributed by atoms with Crippen LogP contribution < -0.4 is 4.74 Å². The Morgan fingerprint density at radius 2 is 1.95 bits per heavy atom. The molecule has 0 saturated carbocycles. The van der Waals surface area contributed by atoms with Crippen LogP contribution in [0.15, 0.2) is 24.3 Å². The summed E-state index contributed by atoms with van der Waals surface area (Å²) < 4.78 is 5.54. The molecule has 0 aliphatic rings. The number of alkyl halides is 1. The van der Waals surface area contributed by atoms with Crippen molar-refractivity contribution >= 4 is 17.6 Å². The molecule has 0 aliphatic carbocycles. The highest BCUT2D eigenvalue weighted by Crippen LogP contribution is 2.16. The maximum Gasteiger partial charge on any atom is 0.335 e. The van der Waals surface area contributed by atoms with E-state index in [0.717, 1.165) is 19.3 Å². The predicted octanol–water partition coefficient (Wildman–Crippen LogP) is 4.34. The molecule has 0 radical (unpaired) electrons. The van der Waals surface area contributed by atoms with E-state index in [0.29, 0.717) is 12.4 Å². The number of carboxylic acids is 1. The Labute approximate surface area is 119 Å². The van der Waals surface area contributed by atoms with Crippen LogP contribution in [0.4, 0.5) is 0 Å². The van der Waals surface area contributed by atoms with Gasteiger partial charge in [0.2, 0.25) is 0 Å². The third-order valence-corrected chi connectivity index (χ3v) is 3.36. The fourth-order valence-corrected chi connectivity index (χ4v) is 2.00. The SMILES string of the molecule is CCCCCC(Cl)CCOc1ccc(C(=O)O)cc1. The number of hydrogen-bond acceptors (Lipinski definition) is 2. The minimum absolute atomic E-state index is 0.157. The Balaban J connectivity index is 2.23. The fourth-order valence-electron chi connectivity index (χ4n) is 1.76. The van der Waals surface area contributed by atoms with E-state index >= 15 is 0 Å². The molecule has 1 aromatic carbocycles. The average Bonchev–Trinajstić information content (AvgIpc) is 2.39. The summed E-state index contributed by atoms with van der Waals surface area (Å²) in [6, 6.07) is 6.42. The molecule has 0 aliphatic heterocycles. The molecule has 1 N–H and O–H groups in total. The highest BCUT2D eigenvalue weighted by atomic mass is 35.5. The van der Waals surface area contributed by atoms with Crippen LogP contribution in [0.1, 0.15) is 49.4 Å². The van der Waals surface area contributed by atoms with E-state index in [4.69, 9.17) is 21.4 Å². The summed E-state index contributed by atoms with van der Waals surface area (Å²) in [4.78, 5) is 10.7. The summed E-state index contributed by atoms with van der Waals surface area (Å²) in [5, 5.41) is 8.93. The van der Waals surface area contributed by atoms with Crippen LogP contribution in [0.5, 0.6) is 5.75 Å². The molecule has 0 fully saturated rings. The molecule has 0 bridgehead atoms. The molecule has 19 heavy (non-hydrogen) atoms. The van der Waals surface area contributed by atoms with Gasteiger partial charge in [0.1, 0.15) is 5.75 Å². The van der Waals surface area contributed by atoms with Gasteiger partial charge < -0.3 is 9.84 Å². The van der Waals surface area contributed by atoms with Crippen molar-refractivity contribution in [2.45, 2.75) is 44.4 Å². The van der Waals surface area contributed by atoms with Gasteiger partial charge in [-0.1, -0.05) is 26.2 Å². The van der Waals surface area contributed by atoms with Crippen molar-refractivity contribution in [1.82, 2.24) is 0 Å². The van der Waals surface area contributed by atoms with Gasteiger partial charge in [-0.15, -0.1) is 11.6 Å². The smallest absolute Gasteiger partial charge is 0.335 e. The average molecular weight is 285 g/mol. The van der Waals surface area contributed by atoms with Gasteiger partial charge >= 0.3 is 5.97 Å². The van der Waals surface area contributed by atoms with Gasteiger partial charge in [0.15, 0.2) is 0 Å². The molecule has 0 saturated heterocycles. The first kappa shape index (κ1) is 15.8. The molecular formula is C15H21ClO3. The van der Waals surface area contributed by atoms with Crippen LogP contribution in [0.3, 0.4) is 0 Å². The second kappa shape index (κ2) is 8.81. The van der Waals surface area contributed by atoms with Crippen molar-refractivity contribution in [1.29, 1.82) is 0 Å². The minimum atomic E-state index is -0.928. The highest BCUT2D eigenvalue weighted by molar-refractivity contribution is 6.20. The Morgan fingerprint density at radius 1 is 1.26 bits per heavy atom. The van der Waals surface area contributed by atoms with Crippen LogP contribution in [0.25, 0.3) is 0 Å². The van der Waals surface area contributed by atoms with Gasteiger partial charge in [-0.3, -0.25) is 0 Å². The van der Waals surface area contributed by atoms with Crippen LogP contribution in [-0.4, -0.2) is 23.1 Å². The Bertz CT molecular complexity index is 375. The molecule has 0 heterocycles. The monoisotopic (exact) mass is 284 g/mol. The van der Waals surface area contributed by atoms with Gasteiger partial charge in [-0.05, 0) is 37.1 Å². The summed E-state index contributed by atoms with van der Waals surface area (Å²) in [6.45, 7) is 2.74. The van der Waals surface area contributed by atoms with Crippen molar-refractivity contribution in [2.24, 2.45) is 0 Å². The first-order valence-electron chi connectivity index (χ1n) is 6.73. The van der Waals surface area contributed by atoms with Gasteiger partial charge in [0, 0.05) is 5.38 Å². The molecular weight excluding hydrogens is 264 g/mol. The van der Waals surface area contributed by atoms with E-state index in [1.165, 1.54) is 25.0 Å². The fraction of sp³-hybridized carbons (Fsp3) is 0.533. The summed E-state index contributed by atoms with van der Waals surface area (Å²) in [5.41, 5.74) is 0.266. The summed E-state index contributed by atoms with van der Waals surface area (Å²) in [5.74, 6) is -0.245. The number of unbranched alkanes of at least 4 members (excludes halogenated alkanes) is 2. The zero-order chi connectivity index (χ0) is 14.1. The Hall–Kier alpha value is -1.22. The predicted molar refractivity (Wildman–Crippen MR) is 77.3 cm³/mol. The number of halogens is 1. The maximum atomic E-state index is 10.7. The van der Waals surface area contributed by atoms with Crippen molar-refractivity contribution in [3.05, 3.63) is 29.8 Å². The van der Waals surface area contributed by atoms with Gasteiger partial charge in [-0.2, -0.15) is 0 Å². The largest absolute Gasteiger partial charge is 0.494 e. The first-order valence-corrected chi connectivity index (χ1v) is 7.17. The van der Waals surface area contributed by atoms with Crippen LogP contribution in [0.2, 0.25) is 0 Å². The van der Waals surface area contributed by atoms with Crippen LogP contribution in [-0.2, 0) is 0 Å². The maximum absolute atomic E-state index is 10.7. The number of carboxylic acid groups (broad SMARTS) is 1. The third-order valence-electron chi connectivity index (χ3n) is 2.92. The molecule has 1 atom stereocenters. The van der Waals surface area contributed by atoms with E-state index in [1.807, 2.05) is 0 Å². The molecule has 1 aromatic rings. The van der Waals surface area contributed by atoms with Gasteiger partial charge in [-0.25, -0.2) is 4.79 Å². The van der Waals surface area contributed by atoms with E-state index < -0.39 is 5.97 Å². The van der Waals surface area contributed by atoms with E-state index in [2.05, 4.69) is 6.92 Å². The number of benzene rings is 1. The molecule has 3 nitrogen and oxygen atoms in total. The molecule has 106 valence electrons. The van der Waals surface area contributed by atoms with Crippen LogP contribution in [0, 0.1) is 0 Å². The van der Waals surface area contributed by atoms with Crippen LogP contribution >= 0.6 is 11.6 Å². The number of ether oxygens (including phenoxy) is 1. The van der Waals surface area contributed by atoms with Gasteiger partial charge in [0.05, 0.1) is 12.2 Å². The zero-order valence-corrected chi connectivity index (χ0v) is 12.0. The quantitative estimate of drug-likeness (QED) is 0.542. The molecule has 4 heteroatoms. The summed E-state index contributed by atoms with van der Waals surface area (Å²) in [6.07, 6.45) is 5.43. The van der Waals surface area contributed by atoms with E-state index in [-0.39, 0.29) is 10.9 Å². The topological polar surface area (TPSA) is 46.5 Å². The Morgan fingerprint density at radius 3 is 2.53 bits per heavy atom. The number of carbonyl (C=O) groups is 1. The second-order valence-corrected chi connectivity index (χ2v) is 5.18. The minimum Gasteiger partial charge on any atom is -0.494 e. The van der Waals surface area contributed by atoms with Crippen molar-refractivity contribution in [2.75, 3.05) is 6.61 Å². The number of rotatable bonds is 9. The normalized spacial score (nSPS) is 12.1. The van der Waals surface area contributed by atoms with Crippen molar-refractivity contribution in [3.8, 4) is 5.75 Å². The summed E-state index contributed by atoms with van der Waals surface area (Å²) in [7, 11) is 0. The standard InChI is InChI=1S/C15H21ClO3/c1-2-3-4-5-13(16)10-11-19-14-8-6-12(7-9-14)15(17)18/h6-9,13H,2-5,10-11H2,1H3,(H,17,18). The lowest BCUT2D eigenvalue weighted by molar-refractivity contribution is 0.0697. The lowest BCUT2D eigenvalue weighted by Crippen LogP contribution is -2.07. The van der Waals surface area contributed by atoms with Crippen molar-refractivity contribution < 1.29 is 14.6 Å². The zero-order valence-electron chi connectivity index (χ0n) is 11.3. The van der Waals surface area contributed by atoms with Gasteiger partial charge in [0.25, 0.3) is 0 Å². The lowest BCUT2D eigenvalue weighted by Gasteiger charge is -2.10. The molecule has 1 unspecified atom stereocenters. The number of aromatic carboxylic acids is 1. The molecule has 0 aromatic heterocycles. The first-order chi connectivity index (χ1) is 9.13. The molecule has 0 spiro atoms. The molecule has 1 rings (SSSR count). The third kappa shape index (κ3) is 6.48. The van der Waals surface area contributed by atoms with Crippen molar-refractivity contribution in [3.63, 3.8) is 0 Å². The highest BCUT2D eigenvalue weighted by Gasteiger charge is 2.05. The summed E-state index contributed by atoms with van der Waals surface area (Å²) >= 11 is 6.19. The van der Waals surface area contributed by atoms with E-state index in [9.17, 15) is 4.79 Å².